The van der Waals surface area contributed by atoms with Gasteiger partial charge >= 0.3 is 11.9 Å². The van der Waals surface area contributed by atoms with Gasteiger partial charge in [0, 0.05) is 16.7 Å². The highest BCUT2D eigenvalue weighted by Crippen LogP contribution is 2.16. The van der Waals surface area contributed by atoms with Gasteiger partial charge in [-0.25, -0.2) is 9.59 Å². The van der Waals surface area contributed by atoms with E-state index in [2.05, 4.69) is 27.8 Å². The van der Waals surface area contributed by atoms with E-state index in [1.165, 1.54) is 12.1 Å². The molecule has 0 radical (unpaired) electrons. The van der Waals surface area contributed by atoms with E-state index >= 15 is 0 Å². The maximum atomic E-state index is 10.8. The molecule has 0 fully saturated rings. The summed E-state index contributed by atoms with van der Waals surface area (Å²) < 4.78 is 0.676. The fourth-order valence-corrected chi connectivity index (χ4v) is 1.31. The number of benzene rings is 1. The summed E-state index contributed by atoms with van der Waals surface area (Å²) in [6, 6.07) is 3.84. The molecule has 0 aromatic heterocycles. The molecule has 0 unspecified atom stereocenters. The van der Waals surface area contributed by atoms with Crippen LogP contribution in [0.25, 0.3) is 0 Å². The quantitative estimate of drug-likeness (QED) is 0.777. The van der Waals surface area contributed by atoms with E-state index in [4.69, 9.17) is 10.2 Å². The minimum absolute atomic E-state index is 0.0763. The van der Waals surface area contributed by atoms with E-state index in [9.17, 15) is 9.59 Å². The summed E-state index contributed by atoms with van der Waals surface area (Å²) in [5, 5.41) is 20.6. The molecule has 6 heteroatoms. The largest absolute Gasteiger partial charge is 0.478 e. The van der Waals surface area contributed by atoms with Crippen LogP contribution in [0.5, 0.6) is 0 Å². The van der Waals surface area contributed by atoms with Crippen LogP contribution < -0.4 is 5.32 Å². The van der Waals surface area contributed by atoms with Crippen molar-refractivity contribution in [2.24, 2.45) is 0 Å². The van der Waals surface area contributed by atoms with Crippen LogP contribution in [-0.2, 0) is 0 Å². The van der Waals surface area contributed by atoms with Gasteiger partial charge in [-0.3, -0.25) is 0 Å². The van der Waals surface area contributed by atoms with Crippen LogP contribution in [0.3, 0.4) is 0 Å². The number of halogens is 1. The molecule has 0 saturated carbocycles. The van der Waals surface area contributed by atoms with Crippen LogP contribution >= 0.6 is 15.9 Å². The molecule has 3 N–H and O–H groups in total. The molecule has 5 nitrogen and oxygen atoms in total. The molecule has 90 valence electrons. The van der Waals surface area contributed by atoms with Crippen LogP contribution in [0.1, 0.15) is 20.7 Å². The molecule has 17 heavy (non-hydrogen) atoms. The zero-order chi connectivity index (χ0) is 13.0. The summed E-state index contributed by atoms with van der Waals surface area (Å²) in [5.41, 5.74) is 0.267. The summed E-state index contributed by atoms with van der Waals surface area (Å²) in [7, 11) is 0. The molecule has 0 aliphatic carbocycles. The Labute approximate surface area is 106 Å². The van der Waals surface area contributed by atoms with Gasteiger partial charge in [0.1, 0.15) is 0 Å². The number of nitrogens with one attached hydrogen (secondary N) is 1. The average molecular weight is 300 g/mol. The van der Waals surface area contributed by atoms with Crippen molar-refractivity contribution in [1.29, 1.82) is 0 Å². The molecule has 1 rings (SSSR count). The van der Waals surface area contributed by atoms with Gasteiger partial charge in [0.15, 0.2) is 0 Å². The predicted molar refractivity (Wildman–Crippen MR) is 66.9 cm³/mol. The van der Waals surface area contributed by atoms with E-state index in [1.54, 1.807) is 0 Å². The first-order valence-corrected chi connectivity index (χ1v) is 5.38. The third-order valence-corrected chi connectivity index (χ3v) is 2.19. The summed E-state index contributed by atoms with van der Waals surface area (Å²) >= 11 is 3.14. The first-order valence-electron chi connectivity index (χ1n) is 4.59. The van der Waals surface area contributed by atoms with Crippen molar-refractivity contribution in [3.63, 3.8) is 0 Å². The molecule has 0 saturated heterocycles. The first-order chi connectivity index (χ1) is 7.90. The molecule has 1 aromatic carbocycles. The number of rotatable bonds is 5. The number of hydrogen-bond donors (Lipinski definition) is 3. The minimum Gasteiger partial charge on any atom is -0.478 e. The number of aromatic carboxylic acids is 2. The second kappa shape index (κ2) is 5.49. The third kappa shape index (κ3) is 3.92. The predicted octanol–water partition coefficient (Wildman–Crippen LogP) is 2.40. The summed E-state index contributed by atoms with van der Waals surface area (Å²) in [6.07, 6.45) is 0. The summed E-state index contributed by atoms with van der Waals surface area (Å²) in [6.45, 7) is 3.98. The van der Waals surface area contributed by atoms with E-state index in [0.717, 1.165) is 6.07 Å². The number of carboxylic acids is 2. The smallest absolute Gasteiger partial charge is 0.335 e. The monoisotopic (exact) mass is 299 g/mol. The van der Waals surface area contributed by atoms with Crippen molar-refractivity contribution < 1.29 is 19.8 Å². The molecule has 1 aromatic rings. The van der Waals surface area contributed by atoms with Crippen LogP contribution in [0, 0.1) is 0 Å². The standard InChI is InChI=1S/C11H10BrNO4/c1-6(12)5-13-9-3-7(10(14)15)2-8(4-9)11(16)17/h2-4,13H,1,5H2,(H,14,15)(H,16,17). The number of carbonyl (C=O) groups is 2. The van der Waals surface area contributed by atoms with Crippen molar-refractivity contribution >= 4 is 33.6 Å². The van der Waals surface area contributed by atoms with Crippen molar-refractivity contribution in [3.8, 4) is 0 Å². The van der Waals surface area contributed by atoms with Crippen LogP contribution in [0.15, 0.2) is 29.3 Å². The van der Waals surface area contributed by atoms with E-state index in [1.807, 2.05) is 0 Å². The van der Waals surface area contributed by atoms with Gasteiger partial charge in [-0.05, 0) is 18.2 Å². The normalized spacial score (nSPS) is 9.71. The van der Waals surface area contributed by atoms with Gasteiger partial charge in [-0.15, -0.1) is 0 Å². The van der Waals surface area contributed by atoms with Gasteiger partial charge < -0.3 is 15.5 Å². The molecule has 0 atom stereocenters. The summed E-state index contributed by atoms with van der Waals surface area (Å²) in [5.74, 6) is -2.34. The van der Waals surface area contributed by atoms with Crippen LogP contribution in [0.2, 0.25) is 0 Å². The Morgan fingerprint density at radius 1 is 1.18 bits per heavy atom. The molecular weight excluding hydrogens is 290 g/mol. The van der Waals surface area contributed by atoms with Gasteiger partial charge in [-0.1, -0.05) is 22.5 Å². The average Bonchev–Trinajstić information content (AvgIpc) is 2.25. The highest BCUT2D eigenvalue weighted by atomic mass is 79.9. The van der Waals surface area contributed by atoms with Crippen molar-refractivity contribution in [1.82, 2.24) is 0 Å². The number of hydrogen-bond acceptors (Lipinski definition) is 3. The Bertz CT molecular complexity index is 452. The SMILES string of the molecule is C=C(Br)CNc1cc(C(=O)O)cc(C(=O)O)c1. The highest BCUT2D eigenvalue weighted by Gasteiger charge is 2.11. The lowest BCUT2D eigenvalue weighted by Crippen LogP contribution is -2.07. The zero-order valence-corrected chi connectivity index (χ0v) is 10.3. The van der Waals surface area contributed by atoms with Crippen molar-refractivity contribution in [2.75, 3.05) is 11.9 Å². The lowest BCUT2D eigenvalue weighted by atomic mass is 10.1. The molecule has 0 aliphatic rings. The van der Waals surface area contributed by atoms with E-state index in [0.29, 0.717) is 16.7 Å². The van der Waals surface area contributed by atoms with Gasteiger partial charge in [0.25, 0.3) is 0 Å². The lowest BCUT2D eigenvalue weighted by molar-refractivity contribution is 0.0696. The Balaban J connectivity index is 3.08. The number of carboxylic acid groups (broad SMARTS) is 2. The molecule has 0 heterocycles. The second-order valence-corrected chi connectivity index (χ2v) is 4.40. The summed E-state index contributed by atoms with van der Waals surface area (Å²) in [4.78, 5) is 21.6. The fourth-order valence-electron chi connectivity index (χ4n) is 1.17. The molecule has 0 bridgehead atoms. The Morgan fingerprint density at radius 3 is 2.00 bits per heavy atom. The Hall–Kier alpha value is -1.82. The van der Waals surface area contributed by atoms with Gasteiger partial charge in [-0.2, -0.15) is 0 Å². The van der Waals surface area contributed by atoms with Gasteiger partial charge in [0.2, 0.25) is 0 Å². The highest BCUT2D eigenvalue weighted by molar-refractivity contribution is 9.11. The lowest BCUT2D eigenvalue weighted by Gasteiger charge is -2.07. The molecule has 0 spiro atoms. The molecule has 0 aliphatic heterocycles. The van der Waals surface area contributed by atoms with Crippen LogP contribution in [0.4, 0.5) is 5.69 Å². The third-order valence-electron chi connectivity index (χ3n) is 1.91. The topological polar surface area (TPSA) is 86.6 Å². The van der Waals surface area contributed by atoms with Crippen LogP contribution in [-0.4, -0.2) is 28.7 Å². The number of anilines is 1. The van der Waals surface area contributed by atoms with E-state index < -0.39 is 11.9 Å². The zero-order valence-electron chi connectivity index (χ0n) is 8.74. The minimum atomic E-state index is -1.17. The Kier molecular flexibility index (Phi) is 4.28. The molecule has 0 amide bonds. The second-order valence-electron chi connectivity index (χ2n) is 3.28. The van der Waals surface area contributed by atoms with E-state index in [-0.39, 0.29) is 11.1 Å². The van der Waals surface area contributed by atoms with Crippen molar-refractivity contribution in [2.45, 2.75) is 0 Å². The molecular formula is C11H10BrNO4. The van der Waals surface area contributed by atoms with Crippen molar-refractivity contribution in [3.05, 3.63) is 40.4 Å². The van der Waals surface area contributed by atoms with Gasteiger partial charge in [0.05, 0.1) is 11.1 Å². The fraction of sp³-hybridized carbons (Fsp3) is 0.0909. The maximum absolute atomic E-state index is 10.8. The first kappa shape index (κ1) is 13.2. The Morgan fingerprint density at radius 2 is 1.65 bits per heavy atom. The maximum Gasteiger partial charge on any atom is 0.335 e.